The molecule has 0 amide bonds. The van der Waals surface area contributed by atoms with Gasteiger partial charge in [0.25, 0.3) is 0 Å². The normalized spacial score (nSPS) is 15.2. The molecule has 0 aromatic heterocycles. The SMILES string of the molecule is O=C(/C=C/c1ccc(Cl)cc1)Oc1ccc(/C=C2\CCC/C(=C\c3ccc(OC(=O)/C=C/c4ccc(Cl)cc4)cc3)C2=O)cc1. The maximum absolute atomic E-state index is 13.3. The maximum atomic E-state index is 13.3. The number of hydrogen-bond donors (Lipinski definition) is 0. The fraction of sp³-hybridized carbons (Fsp3) is 0.0789. The second-order valence-corrected chi connectivity index (χ2v) is 11.1. The van der Waals surface area contributed by atoms with Crippen LogP contribution in [0.25, 0.3) is 24.3 Å². The van der Waals surface area contributed by atoms with Crippen molar-refractivity contribution in [2.24, 2.45) is 0 Å². The van der Waals surface area contributed by atoms with Crippen molar-refractivity contribution in [3.05, 3.63) is 153 Å². The zero-order valence-electron chi connectivity index (χ0n) is 24.1. The summed E-state index contributed by atoms with van der Waals surface area (Å²) in [5, 5.41) is 1.25. The van der Waals surface area contributed by atoms with Gasteiger partial charge < -0.3 is 9.47 Å². The Labute approximate surface area is 271 Å². The Morgan fingerprint density at radius 1 is 0.533 bits per heavy atom. The third kappa shape index (κ3) is 9.51. The number of ketones is 1. The number of rotatable bonds is 8. The predicted octanol–water partition coefficient (Wildman–Crippen LogP) is 9.45. The zero-order chi connectivity index (χ0) is 31.6. The molecule has 224 valence electrons. The van der Waals surface area contributed by atoms with Gasteiger partial charge in [-0.2, -0.15) is 0 Å². The fourth-order valence-corrected chi connectivity index (χ4v) is 4.87. The Bertz CT molecular complexity index is 1660. The summed E-state index contributed by atoms with van der Waals surface area (Å²) in [7, 11) is 0. The molecule has 4 aromatic rings. The second kappa shape index (κ2) is 15.2. The minimum atomic E-state index is -0.495. The number of benzene rings is 4. The molecule has 0 aliphatic heterocycles. The van der Waals surface area contributed by atoms with E-state index in [1.165, 1.54) is 12.2 Å². The third-order valence-corrected chi connectivity index (χ3v) is 7.42. The molecule has 45 heavy (non-hydrogen) atoms. The molecule has 0 N–H and O–H groups in total. The lowest BCUT2D eigenvalue weighted by molar-refractivity contribution is -0.129. The monoisotopic (exact) mass is 634 g/mol. The van der Waals surface area contributed by atoms with Gasteiger partial charge in [-0.05, 0) is 114 Å². The van der Waals surface area contributed by atoms with Crippen molar-refractivity contribution in [3.8, 4) is 11.5 Å². The lowest BCUT2D eigenvalue weighted by Gasteiger charge is -2.16. The van der Waals surface area contributed by atoms with Crippen molar-refractivity contribution in [2.75, 3.05) is 0 Å². The topological polar surface area (TPSA) is 69.7 Å². The highest BCUT2D eigenvalue weighted by Gasteiger charge is 2.20. The van der Waals surface area contributed by atoms with Crippen molar-refractivity contribution in [1.82, 2.24) is 0 Å². The lowest BCUT2D eigenvalue weighted by Crippen LogP contribution is -2.12. The first-order chi connectivity index (χ1) is 21.8. The van der Waals surface area contributed by atoms with Gasteiger partial charge in [0.05, 0.1) is 0 Å². The van der Waals surface area contributed by atoms with Crippen LogP contribution in [0.4, 0.5) is 0 Å². The lowest BCUT2D eigenvalue weighted by atomic mass is 9.87. The highest BCUT2D eigenvalue weighted by Crippen LogP contribution is 2.29. The number of carbonyl (C=O) groups excluding carboxylic acids is 3. The first-order valence-electron chi connectivity index (χ1n) is 14.3. The van der Waals surface area contributed by atoms with Crippen LogP contribution in [-0.2, 0) is 14.4 Å². The van der Waals surface area contributed by atoms with E-state index in [0.29, 0.717) is 34.4 Å². The van der Waals surface area contributed by atoms with Gasteiger partial charge in [0.2, 0.25) is 0 Å². The average Bonchev–Trinajstić information content (AvgIpc) is 3.04. The van der Waals surface area contributed by atoms with Gasteiger partial charge in [-0.25, -0.2) is 9.59 Å². The first-order valence-corrected chi connectivity index (χ1v) is 15.0. The molecule has 0 unspecified atom stereocenters. The molecule has 0 atom stereocenters. The Morgan fingerprint density at radius 3 is 1.27 bits per heavy atom. The smallest absolute Gasteiger partial charge is 0.336 e. The molecule has 4 aromatic carbocycles. The third-order valence-electron chi connectivity index (χ3n) is 6.92. The van der Waals surface area contributed by atoms with E-state index in [2.05, 4.69) is 0 Å². The average molecular weight is 636 g/mol. The Kier molecular flexibility index (Phi) is 10.6. The molecule has 5 nitrogen and oxygen atoms in total. The summed E-state index contributed by atoms with van der Waals surface area (Å²) in [6.45, 7) is 0. The maximum Gasteiger partial charge on any atom is 0.336 e. The van der Waals surface area contributed by atoms with Crippen LogP contribution >= 0.6 is 23.2 Å². The summed E-state index contributed by atoms with van der Waals surface area (Å²) in [4.78, 5) is 37.7. The molecule has 0 saturated heterocycles. The Hall–Kier alpha value is -4.97. The number of ether oxygens (including phenoxy) is 2. The van der Waals surface area contributed by atoms with E-state index in [1.807, 2.05) is 36.4 Å². The van der Waals surface area contributed by atoms with E-state index in [0.717, 1.165) is 39.8 Å². The van der Waals surface area contributed by atoms with Gasteiger partial charge in [-0.3, -0.25) is 4.79 Å². The highest BCUT2D eigenvalue weighted by atomic mass is 35.5. The predicted molar refractivity (Wildman–Crippen MR) is 180 cm³/mol. The summed E-state index contributed by atoms with van der Waals surface area (Å²) in [6.07, 6.45) is 12.0. The summed E-state index contributed by atoms with van der Waals surface area (Å²) in [6, 6.07) is 28.3. The van der Waals surface area contributed by atoms with E-state index >= 15 is 0 Å². The van der Waals surface area contributed by atoms with Gasteiger partial charge in [0.15, 0.2) is 5.78 Å². The van der Waals surface area contributed by atoms with E-state index in [-0.39, 0.29) is 5.78 Å². The number of hydrogen-bond acceptors (Lipinski definition) is 5. The van der Waals surface area contributed by atoms with Crippen LogP contribution in [0.2, 0.25) is 10.0 Å². The van der Waals surface area contributed by atoms with Crippen LogP contribution in [0, 0.1) is 0 Å². The van der Waals surface area contributed by atoms with Crippen LogP contribution in [0.1, 0.15) is 41.5 Å². The molecule has 0 radical (unpaired) electrons. The first kappa shape index (κ1) is 31.5. The van der Waals surface area contributed by atoms with Crippen molar-refractivity contribution < 1.29 is 23.9 Å². The van der Waals surface area contributed by atoms with E-state index in [4.69, 9.17) is 32.7 Å². The van der Waals surface area contributed by atoms with Gasteiger partial charge in [0, 0.05) is 33.3 Å². The minimum Gasteiger partial charge on any atom is -0.423 e. The molecule has 0 spiro atoms. The molecule has 5 rings (SSSR count). The number of esters is 2. The summed E-state index contributed by atoms with van der Waals surface area (Å²) in [5.74, 6) is -0.168. The number of carbonyl (C=O) groups is 3. The number of halogens is 2. The Morgan fingerprint density at radius 2 is 0.889 bits per heavy atom. The zero-order valence-corrected chi connectivity index (χ0v) is 25.6. The van der Waals surface area contributed by atoms with Crippen molar-refractivity contribution >= 4 is 65.2 Å². The molecular formula is C38H28Cl2O5. The highest BCUT2D eigenvalue weighted by molar-refractivity contribution is 6.30. The minimum absolute atomic E-state index is 0.00642. The van der Waals surface area contributed by atoms with Crippen LogP contribution < -0.4 is 9.47 Å². The quantitative estimate of drug-likeness (QED) is 0.110. The molecule has 0 bridgehead atoms. The summed E-state index contributed by atoms with van der Waals surface area (Å²) in [5.41, 5.74) is 4.80. The molecule has 1 aliphatic rings. The largest absolute Gasteiger partial charge is 0.423 e. The van der Waals surface area contributed by atoms with Crippen molar-refractivity contribution in [3.63, 3.8) is 0 Å². The molecule has 7 heteroatoms. The van der Waals surface area contributed by atoms with Gasteiger partial charge in [0.1, 0.15) is 11.5 Å². The second-order valence-electron chi connectivity index (χ2n) is 10.3. The van der Waals surface area contributed by atoms with Crippen molar-refractivity contribution in [2.45, 2.75) is 19.3 Å². The fourth-order valence-electron chi connectivity index (χ4n) is 4.62. The van der Waals surface area contributed by atoms with E-state index in [1.54, 1.807) is 84.9 Å². The molecule has 1 fully saturated rings. The Balaban J connectivity index is 1.16. The van der Waals surface area contributed by atoms with E-state index < -0.39 is 11.9 Å². The van der Waals surface area contributed by atoms with E-state index in [9.17, 15) is 14.4 Å². The van der Waals surface area contributed by atoms with Crippen LogP contribution in [-0.4, -0.2) is 17.7 Å². The molecule has 1 saturated carbocycles. The molecular weight excluding hydrogens is 607 g/mol. The molecule has 0 heterocycles. The standard InChI is InChI=1S/C38H28Cl2O5/c39-32-14-4-26(5-15-32)12-22-36(41)44-34-18-8-28(9-19-34)24-30-2-1-3-31(38(30)43)25-29-10-20-35(21-11-29)45-37(42)23-13-27-6-16-33(40)17-7-27/h4-25H,1-3H2/b22-12+,23-13+,30-24+,31-25+. The van der Waals surface area contributed by atoms with Crippen molar-refractivity contribution in [1.29, 1.82) is 0 Å². The van der Waals surface area contributed by atoms with Crippen LogP contribution in [0.5, 0.6) is 11.5 Å². The van der Waals surface area contributed by atoms with Crippen LogP contribution in [0.3, 0.4) is 0 Å². The number of allylic oxidation sites excluding steroid dienone is 2. The van der Waals surface area contributed by atoms with Gasteiger partial charge in [-0.1, -0.05) is 71.7 Å². The van der Waals surface area contributed by atoms with Gasteiger partial charge >= 0.3 is 11.9 Å². The number of Topliss-reactive ketones (excluding diaryl/α,β-unsaturated/α-hetero) is 1. The molecule has 1 aliphatic carbocycles. The summed E-state index contributed by atoms with van der Waals surface area (Å²) < 4.78 is 10.8. The summed E-state index contributed by atoms with van der Waals surface area (Å²) >= 11 is 11.8. The van der Waals surface area contributed by atoms with Crippen LogP contribution in [0.15, 0.2) is 120 Å². The van der Waals surface area contributed by atoms with Gasteiger partial charge in [-0.15, -0.1) is 0 Å².